The van der Waals surface area contributed by atoms with E-state index in [1.165, 1.54) is 20.1 Å². The van der Waals surface area contributed by atoms with E-state index in [0.717, 1.165) is 11.1 Å². The topological polar surface area (TPSA) is 88.9 Å². The van der Waals surface area contributed by atoms with Gasteiger partial charge in [-0.2, -0.15) is 0 Å². The van der Waals surface area contributed by atoms with Gasteiger partial charge in [-0.05, 0) is 43.2 Å². The predicted molar refractivity (Wildman–Crippen MR) is 118 cm³/mol. The molecule has 0 saturated carbocycles. The number of benzene rings is 2. The average Bonchev–Trinajstić information content (AvgIpc) is 3.14. The Bertz CT molecular complexity index is 1360. The van der Waals surface area contributed by atoms with Crippen LogP contribution >= 0.6 is 0 Å². The van der Waals surface area contributed by atoms with Crippen LogP contribution in [-0.2, 0) is 24.8 Å². The van der Waals surface area contributed by atoms with Gasteiger partial charge in [0.15, 0.2) is 0 Å². The molecule has 0 atom stereocenters. The van der Waals surface area contributed by atoms with Gasteiger partial charge in [-0.3, -0.25) is 14.4 Å². The van der Waals surface area contributed by atoms with Gasteiger partial charge in [-0.25, -0.2) is 0 Å². The summed E-state index contributed by atoms with van der Waals surface area (Å²) in [7, 11) is 1.58. The Kier molecular flexibility index (Phi) is 5.27. The van der Waals surface area contributed by atoms with Crippen molar-refractivity contribution in [3.63, 3.8) is 0 Å². The first-order valence-electron chi connectivity index (χ1n) is 9.97. The zero-order valence-corrected chi connectivity index (χ0v) is 17.1. The molecule has 0 unspecified atom stereocenters. The molecule has 0 radical (unpaired) electrons. The maximum Gasteiger partial charge on any atom is 0.316 e. The molecular formula is C23H24N4O3. The first kappa shape index (κ1) is 19.7. The van der Waals surface area contributed by atoms with Crippen LogP contribution in [0, 0.1) is 6.92 Å². The number of aryl methyl sites for hydroxylation is 3. The second kappa shape index (κ2) is 8.02. The Morgan fingerprint density at radius 3 is 2.63 bits per heavy atom. The number of hydrogen-bond donors (Lipinski definition) is 2. The van der Waals surface area contributed by atoms with Crippen molar-refractivity contribution in [2.75, 3.05) is 6.54 Å². The van der Waals surface area contributed by atoms with E-state index in [1.54, 1.807) is 19.2 Å². The van der Waals surface area contributed by atoms with Gasteiger partial charge in [-0.15, -0.1) is 0 Å². The molecule has 0 aliphatic heterocycles. The molecule has 2 aromatic heterocycles. The van der Waals surface area contributed by atoms with Crippen molar-refractivity contribution in [3.05, 3.63) is 80.5 Å². The summed E-state index contributed by atoms with van der Waals surface area (Å²) in [5, 5.41) is 4.08. The lowest BCUT2D eigenvalue weighted by atomic mass is 10.1. The van der Waals surface area contributed by atoms with Crippen LogP contribution in [0.1, 0.15) is 17.5 Å². The fourth-order valence-corrected chi connectivity index (χ4v) is 3.81. The Morgan fingerprint density at radius 1 is 1.07 bits per heavy atom. The fraction of sp³-hybridized carbons (Fsp3) is 0.261. The van der Waals surface area contributed by atoms with Crippen LogP contribution in [0.25, 0.3) is 21.9 Å². The van der Waals surface area contributed by atoms with Crippen LogP contribution in [0.15, 0.2) is 58.3 Å². The van der Waals surface area contributed by atoms with Gasteiger partial charge in [-0.1, -0.05) is 23.8 Å². The number of rotatable bonds is 6. The molecule has 7 heteroatoms. The number of hydrogen-bond acceptors (Lipinski definition) is 3. The summed E-state index contributed by atoms with van der Waals surface area (Å²) in [5.41, 5.74) is 3.53. The number of fused-ring (bicyclic) bond motifs is 2. The van der Waals surface area contributed by atoms with Gasteiger partial charge in [0.05, 0.1) is 11.0 Å². The molecule has 0 aliphatic carbocycles. The number of H-pyrrole nitrogens is 1. The van der Waals surface area contributed by atoms with Crippen LogP contribution < -0.4 is 16.4 Å². The Labute approximate surface area is 173 Å². The van der Waals surface area contributed by atoms with Crippen LogP contribution in [0.4, 0.5) is 0 Å². The number of amides is 1. The molecule has 2 aromatic carbocycles. The molecule has 2 N–H and O–H groups in total. The SMILES string of the molecule is Cc1ccc2[nH]cc(CCNC(=O)CCn3c(=O)c(=O)n(C)c4ccccc43)c2c1. The molecule has 1 amide bonds. The van der Waals surface area contributed by atoms with Gasteiger partial charge in [0, 0.05) is 43.7 Å². The summed E-state index contributed by atoms with van der Waals surface area (Å²) in [5.74, 6) is -0.150. The number of aromatic amines is 1. The van der Waals surface area contributed by atoms with Gasteiger partial charge in [0.1, 0.15) is 0 Å². The zero-order valence-electron chi connectivity index (χ0n) is 17.1. The van der Waals surface area contributed by atoms with E-state index >= 15 is 0 Å². The van der Waals surface area contributed by atoms with E-state index in [2.05, 4.69) is 35.4 Å². The van der Waals surface area contributed by atoms with E-state index in [9.17, 15) is 14.4 Å². The van der Waals surface area contributed by atoms with E-state index in [0.29, 0.717) is 24.0 Å². The third kappa shape index (κ3) is 3.66. The highest BCUT2D eigenvalue weighted by Crippen LogP contribution is 2.19. The maximum absolute atomic E-state index is 12.4. The third-order valence-electron chi connectivity index (χ3n) is 5.47. The highest BCUT2D eigenvalue weighted by atomic mass is 16.2. The van der Waals surface area contributed by atoms with Gasteiger partial charge in [0.25, 0.3) is 0 Å². The molecule has 4 aromatic rings. The lowest BCUT2D eigenvalue weighted by Crippen LogP contribution is -2.41. The van der Waals surface area contributed by atoms with Gasteiger partial charge in [0.2, 0.25) is 5.91 Å². The Morgan fingerprint density at radius 2 is 1.83 bits per heavy atom. The first-order chi connectivity index (χ1) is 14.5. The van der Waals surface area contributed by atoms with E-state index < -0.39 is 11.1 Å². The van der Waals surface area contributed by atoms with Crippen LogP contribution in [0.3, 0.4) is 0 Å². The van der Waals surface area contributed by atoms with E-state index in [4.69, 9.17) is 0 Å². The van der Waals surface area contributed by atoms with Crippen molar-refractivity contribution >= 4 is 27.8 Å². The number of aromatic nitrogens is 3. The number of nitrogens with one attached hydrogen (secondary N) is 2. The normalized spacial score (nSPS) is 11.3. The van der Waals surface area contributed by atoms with Crippen molar-refractivity contribution in [1.29, 1.82) is 0 Å². The smallest absolute Gasteiger partial charge is 0.316 e. The molecule has 4 rings (SSSR count). The number of nitrogens with zero attached hydrogens (tertiary/aromatic N) is 2. The van der Waals surface area contributed by atoms with Crippen LogP contribution in [0.5, 0.6) is 0 Å². The minimum atomic E-state index is -0.613. The molecule has 30 heavy (non-hydrogen) atoms. The highest BCUT2D eigenvalue weighted by Gasteiger charge is 2.12. The standard InChI is InChI=1S/C23H24N4O3/c1-15-7-8-18-17(13-15)16(14-25-18)9-11-24-21(28)10-12-27-20-6-4-3-5-19(20)26(2)22(29)23(27)30/h3-8,13-14,25H,9-12H2,1-2H3,(H,24,28). The summed E-state index contributed by atoms with van der Waals surface area (Å²) in [6.45, 7) is 2.72. The second-order valence-electron chi connectivity index (χ2n) is 7.52. The van der Waals surface area contributed by atoms with Crippen molar-refractivity contribution < 1.29 is 4.79 Å². The Balaban J connectivity index is 1.41. The quantitative estimate of drug-likeness (QED) is 0.483. The minimum Gasteiger partial charge on any atom is -0.361 e. The van der Waals surface area contributed by atoms with Crippen molar-refractivity contribution in [2.24, 2.45) is 7.05 Å². The fourth-order valence-electron chi connectivity index (χ4n) is 3.81. The Hall–Kier alpha value is -3.61. The molecule has 154 valence electrons. The molecule has 0 spiro atoms. The predicted octanol–water partition coefficient (Wildman–Crippen LogP) is 2.24. The van der Waals surface area contributed by atoms with Gasteiger partial charge < -0.3 is 19.4 Å². The number of para-hydroxylation sites is 2. The summed E-state index contributed by atoms with van der Waals surface area (Å²) >= 11 is 0. The van der Waals surface area contributed by atoms with Crippen molar-refractivity contribution in [3.8, 4) is 0 Å². The zero-order chi connectivity index (χ0) is 21.3. The minimum absolute atomic E-state index is 0.129. The van der Waals surface area contributed by atoms with Crippen LogP contribution in [0.2, 0.25) is 0 Å². The molecule has 0 bridgehead atoms. The largest absolute Gasteiger partial charge is 0.361 e. The molecule has 0 saturated heterocycles. The molecular weight excluding hydrogens is 380 g/mol. The monoisotopic (exact) mass is 404 g/mol. The summed E-state index contributed by atoms with van der Waals surface area (Å²) in [4.78, 5) is 40.2. The maximum atomic E-state index is 12.4. The molecule has 7 nitrogen and oxygen atoms in total. The number of carbonyl (C=O) groups is 1. The van der Waals surface area contributed by atoms with E-state index in [1.807, 2.05) is 18.3 Å². The van der Waals surface area contributed by atoms with Crippen molar-refractivity contribution in [2.45, 2.75) is 26.3 Å². The summed E-state index contributed by atoms with van der Waals surface area (Å²) < 4.78 is 2.73. The van der Waals surface area contributed by atoms with E-state index in [-0.39, 0.29) is 18.9 Å². The van der Waals surface area contributed by atoms with Gasteiger partial charge >= 0.3 is 11.1 Å². The lowest BCUT2D eigenvalue weighted by Gasteiger charge is -2.12. The highest BCUT2D eigenvalue weighted by molar-refractivity contribution is 5.84. The molecule has 0 aliphatic rings. The van der Waals surface area contributed by atoms with Crippen LogP contribution in [-0.4, -0.2) is 26.6 Å². The first-order valence-corrected chi connectivity index (χ1v) is 9.97. The van der Waals surface area contributed by atoms with Crippen molar-refractivity contribution in [1.82, 2.24) is 19.4 Å². The third-order valence-corrected chi connectivity index (χ3v) is 5.47. The number of carbonyl (C=O) groups excluding carboxylic acids is 1. The average molecular weight is 404 g/mol. The lowest BCUT2D eigenvalue weighted by molar-refractivity contribution is -0.121. The second-order valence-corrected chi connectivity index (χ2v) is 7.52. The molecule has 2 heterocycles. The summed E-state index contributed by atoms with van der Waals surface area (Å²) in [6, 6.07) is 13.5. The summed E-state index contributed by atoms with van der Waals surface area (Å²) in [6.07, 6.45) is 2.82. The molecule has 0 fully saturated rings.